The highest BCUT2D eigenvalue weighted by Gasteiger charge is 2.13. The number of nitrogens with zero attached hydrogens (tertiary/aromatic N) is 1. The number of fused-ring (bicyclic) bond motifs is 5. The molecular weight excluding hydrogens is 320 g/mol. The molecule has 5 aromatic rings. The Morgan fingerprint density at radius 1 is 0.769 bits per heavy atom. The van der Waals surface area contributed by atoms with Crippen LogP contribution >= 0.6 is 0 Å². The molecule has 0 bridgehead atoms. The van der Waals surface area contributed by atoms with E-state index in [1.165, 1.54) is 10.8 Å². The first-order chi connectivity index (χ1) is 12.8. The van der Waals surface area contributed by atoms with Gasteiger partial charge in [-0.2, -0.15) is 5.26 Å². The molecule has 4 aromatic carbocycles. The van der Waals surface area contributed by atoms with Crippen molar-refractivity contribution in [3.05, 3.63) is 84.4 Å². The largest absolute Gasteiger partial charge is 0.454 e. The monoisotopic (exact) mass is 334 g/mol. The van der Waals surface area contributed by atoms with Crippen LogP contribution in [0.1, 0.15) is 5.56 Å². The van der Waals surface area contributed by atoms with E-state index in [0.29, 0.717) is 5.56 Å². The maximum atomic E-state index is 8.94. The second kappa shape index (κ2) is 5.65. The van der Waals surface area contributed by atoms with Gasteiger partial charge in [0.15, 0.2) is 5.58 Å². The molecule has 0 radical (unpaired) electrons. The maximum Gasteiger partial charge on any atom is 0.158 e. The van der Waals surface area contributed by atoms with E-state index in [9.17, 15) is 0 Å². The number of hydrogen-bond acceptors (Lipinski definition) is 3. The molecule has 0 atom stereocenters. The molecule has 0 fully saturated rings. The van der Waals surface area contributed by atoms with Gasteiger partial charge in [-0.15, -0.1) is 0 Å². The van der Waals surface area contributed by atoms with Crippen LogP contribution in [0.5, 0.6) is 0 Å². The third-order valence-corrected chi connectivity index (χ3v) is 4.68. The highest BCUT2D eigenvalue weighted by Crippen LogP contribution is 2.38. The van der Waals surface area contributed by atoms with Crippen molar-refractivity contribution in [1.82, 2.24) is 0 Å². The Labute approximate surface area is 150 Å². The Bertz CT molecular complexity index is 1310. The van der Waals surface area contributed by atoms with Crippen molar-refractivity contribution in [3.8, 4) is 6.07 Å². The van der Waals surface area contributed by atoms with E-state index in [2.05, 4.69) is 41.7 Å². The van der Waals surface area contributed by atoms with Gasteiger partial charge in [0.25, 0.3) is 0 Å². The minimum absolute atomic E-state index is 0.643. The zero-order valence-electron chi connectivity index (χ0n) is 13.9. The number of hydrogen-bond donors (Lipinski definition) is 1. The van der Waals surface area contributed by atoms with E-state index in [1.54, 1.807) is 12.1 Å². The van der Waals surface area contributed by atoms with Crippen LogP contribution < -0.4 is 5.32 Å². The molecule has 3 nitrogen and oxygen atoms in total. The Kier molecular flexibility index (Phi) is 3.16. The molecule has 1 aromatic heterocycles. The van der Waals surface area contributed by atoms with Gasteiger partial charge >= 0.3 is 0 Å². The Hall–Kier alpha value is -3.77. The molecule has 122 valence electrons. The van der Waals surface area contributed by atoms with Crippen molar-refractivity contribution in [2.24, 2.45) is 0 Å². The zero-order chi connectivity index (χ0) is 17.5. The summed E-state index contributed by atoms with van der Waals surface area (Å²) in [5.74, 6) is 0. The molecule has 0 unspecified atom stereocenters. The van der Waals surface area contributed by atoms with Crippen LogP contribution in [0.25, 0.3) is 32.7 Å². The number of nitriles is 1. The highest BCUT2D eigenvalue weighted by molar-refractivity contribution is 6.20. The second-order valence-electron chi connectivity index (χ2n) is 6.26. The minimum atomic E-state index is 0.643. The van der Waals surface area contributed by atoms with E-state index in [4.69, 9.17) is 9.68 Å². The molecule has 0 aliphatic carbocycles. The Morgan fingerprint density at radius 2 is 1.58 bits per heavy atom. The van der Waals surface area contributed by atoms with Crippen molar-refractivity contribution in [2.75, 3.05) is 5.32 Å². The topological polar surface area (TPSA) is 49.0 Å². The van der Waals surface area contributed by atoms with Crippen LogP contribution in [0.3, 0.4) is 0 Å². The fraction of sp³-hybridized carbons (Fsp3) is 0. The average Bonchev–Trinajstić information content (AvgIpc) is 3.09. The summed E-state index contributed by atoms with van der Waals surface area (Å²) in [4.78, 5) is 0. The van der Waals surface area contributed by atoms with Gasteiger partial charge in [0.05, 0.1) is 17.3 Å². The van der Waals surface area contributed by atoms with Gasteiger partial charge < -0.3 is 9.73 Å². The van der Waals surface area contributed by atoms with Crippen LogP contribution in [-0.2, 0) is 0 Å². The van der Waals surface area contributed by atoms with Crippen molar-refractivity contribution in [1.29, 1.82) is 5.26 Å². The molecule has 0 saturated heterocycles. The maximum absolute atomic E-state index is 8.94. The highest BCUT2D eigenvalue weighted by atomic mass is 16.3. The van der Waals surface area contributed by atoms with Gasteiger partial charge in [-0.3, -0.25) is 0 Å². The first-order valence-corrected chi connectivity index (χ1v) is 8.44. The predicted octanol–water partition coefficient (Wildman–Crippen LogP) is 6.35. The van der Waals surface area contributed by atoms with Crippen molar-refractivity contribution in [2.45, 2.75) is 0 Å². The lowest BCUT2D eigenvalue weighted by molar-refractivity contribution is 0.670. The second-order valence-corrected chi connectivity index (χ2v) is 6.26. The number of rotatable bonds is 2. The van der Waals surface area contributed by atoms with Gasteiger partial charge in [0.1, 0.15) is 5.58 Å². The summed E-state index contributed by atoms with van der Waals surface area (Å²) in [6, 6.07) is 28.1. The number of nitrogens with one attached hydrogen (secondary N) is 1. The molecule has 0 amide bonds. The van der Waals surface area contributed by atoms with Crippen LogP contribution in [0.2, 0.25) is 0 Å². The molecule has 3 heteroatoms. The van der Waals surface area contributed by atoms with Crippen molar-refractivity contribution < 1.29 is 4.42 Å². The van der Waals surface area contributed by atoms with Gasteiger partial charge in [-0.1, -0.05) is 42.5 Å². The number of benzene rings is 4. The van der Waals surface area contributed by atoms with E-state index < -0.39 is 0 Å². The molecule has 0 spiro atoms. The Morgan fingerprint density at radius 3 is 2.42 bits per heavy atom. The molecule has 5 rings (SSSR count). The molecule has 0 saturated carbocycles. The lowest BCUT2D eigenvalue weighted by Gasteiger charge is -2.06. The summed E-state index contributed by atoms with van der Waals surface area (Å²) in [5.41, 5.74) is 4.19. The number of para-hydroxylation sites is 1. The summed E-state index contributed by atoms with van der Waals surface area (Å²) in [5, 5.41) is 17.0. The van der Waals surface area contributed by atoms with Crippen LogP contribution in [0.4, 0.5) is 11.4 Å². The van der Waals surface area contributed by atoms with Crippen LogP contribution in [-0.4, -0.2) is 0 Å². The van der Waals surface area contributed by atoms with E-state index >= 15 is 0 Å². The summed E-state index contributed by atoms with van der Waals surface area (Å²) in [6.07, 6.45) is 0. The fourth-order valence-corrected chi connectivity index (χ4v) is 3.45. The first-order valence-electron chi connectivity index (χ1n) is 8.44. The van der Waals surface area contributed by atoms with E-state index in [1.807, 2.05) is 36.4 Å². The first kappa shape index (κ1) is 14.6. The quantitative estimate of drug-likeness (QED) is 0.409. The Balaban J connectivity index is 1.71. The molecule has 1 N–H and O–H groups in total. The van der Waals surface area contributed by atoms with Crippen molar-refractivity contribution in [3.63, 3.8) is 0 Å². The average molecular weight is 334 g/mol. The zero-order valence-corrected chi connectivity index (χ0v) is 13.9. The van der Waals surface area contributed by atoms with Gasteiger partial charge in [-0.25, -0.2) is 0 Å². The number of anilines is 2. The molecule has 26 heavy (non-hydrogen) atoms. The third-order valence-electron chi connectivity index (χ3n) is 4.68. The summed E-state index contributed by atoms with van der Waals surface area (Å²) in [6.45, 7) is 0. The molecule has 0 aliphatic rings. The normalized spacial score (nSPS) is 11.0. The smallest absolute Gasteiger partial charge is 0.158 e. The van der Waals surface area contributed by atoms with Crippen molar-refractivity contribution >= 4 is 44.1 Å². The molecule has 1 heterocycles. The van der Waals surface area contributed by atoms with Gasteiger partial charge in [0, 0.05) is 16.5 Å². The predicted molar refractivity (Wildman–Crippen MR) is 106 cm³/mol. The van der Waals surface area contributed by atoms with Crippen LogP contribution in [0, 0.1) is 11.3 Å². The molecular formula is C23H14N2O. The van der Waals surface area contributed by atoms with Crippen LogP contribution in [0.15, 0.2) is 83.3 Å². The third kappa shape index (κ3) is 2.21. The van der Waals surface area contributed by atoms with E-state index in [-0.39, 0.29) is 0 Å². The van der Waals surface area contributed by atoms with Gasteiger partial charge in [0.2, 0.25) is 0 Å². The summed E-state index contributed by atoms with van der Waals surface area (Å²) >= 11 is 0. The standard InChI is InChI=1S/C23H14N2O/c24-14-15-8-11-17(12-9-15)25-20-7-3-6-19-22-18-5-2-1-4-16(18)10-13-21(22)26-23(19)20/h1-13,25H. The number of furan rings is 1. The molecule has 0 aliphatic heterocycles. The van der Waals surface area contributed by atoms with E-state index in [0.717, 1.165) is 33.3 Å². The van der Waals surface area contributed by atoms with Gasteiger partial charge in [-0.05, 0) is 47.2 Å². The lowest BCUT2D eigenvalue weighted by Crippen LogP contribution is -1.90. The SMILES string of the molecule is N#Cc1ccc(Nc2cccc3c2oc2ccc4ccccc4c23)cc1. The fourth-order valence-electron chi connectivity index (χ4n) is 3.45. The lowest BCUT2D eigenvalue weighted by atomic mass is 10.0. The minimum Gasteiger partial charge on any atom is -0.454 e. The summed E-state index contributed by atoms with van der Waals surface area (Å²) in [7, 11) is 0. The summed E-state index contributed by atoms with van der Waals surface area (Å²) < 4.78 is 6.19.